The lowest BCUT2D eigenvalue weighted by Crippen LogP contribution is -2.07. The minimum Gasteiger partial charge on any atom is -0.476 e. The normalized spacial score (nSPS) is 13.8. The molecule has 230 valence electrons. The topological polar surface area (TPSA) is 111 Å². The van der Waals surface area contributed by atoms with Crippen molar-refractivity contribution < 1.29 is 31.7 Å². The number of thiazole rings is 1. The molecule has 0 saturated heterocycles. The van der Waals surface area contributed by atoms with E-state index in [1.165, 1.54) is 23.6 Å². The van der Waals surface area contributed by atoms with Gasteiger partial charge >= 0.3 is 12.1 Å². The van der Waals surface area contributed by atoms with Crippen molar-refractivity contribution in [3.63, 3.8) is 0 Å². The summed E-state index contributed by atoms with van der Waals surface area (Å²) in [6, 6.07) is 13.8. The Kier molecular flexibility index (Phi) is 8.45. The summed E-state index contributed by atoms with van der Waals surface area (Å²) in [5.74, 6) is 4.29. The molecule has 0 bridgehead atoms. The number of hydrogen-bond donors (Lipinski definition) is 2. The number of thiophene rings is 1. The molecule has 3 heterocycles. The first-order valence-electron chi connectivity index (χ1n) is 13.6. The predicted octanol–water partition coefficient (Wildman–Crippen LogP) is 6.79. The Morgan fingerprint density at radius 3 is 2.58 bits per heavy atom. The van der Waals surface area contributed by atoms with Crippen LogP contribution in [0.2, 0.25) is 0 Å². The Morgan fingerprint density at radius 1 is 1.13 bits per heavy atom. The molecule has 5 aromatic rings. The van der Waals surface area contributed by atoms with E-state index in [2.05, 4.69) is 16.8 Å². The van der Waals surface area contributed by atoms with Gasteiger partial charge in [0.15, 0.2) is 22.5 Å². The van der Waals surface area contributed by atoms with E-state index in [9.17, 15) is 31.7 Å². The summed E-state index contributed by atoms with van der Waals surface area (Å²) in [6.07, 6.45) is -1.51. The van der Waals surface area contributed by atoms with E-state index in [-0.39, 0.29) is 21.9 Å². The number of aromatic nitrogens is 3. The van der Waals surface area contributed by atoms with Crippen LogP contribution in [0.3, 0.4) is 0 Å². The molecule has 1 unspecified atom stereocenters. The van der Waals surface area contributed by atoms with E-state index in [0.29, 0.717) is 51.2 Å². The number of benzene rings is 2. The molecule has 1 fully saturated rings. The van der Waals surface area contributed by atoms with Gasteiger partial charge in [0.05, 0.1) is 16.3 Å². The SMILES string of the molecule is N[SH+](=O)c1ccc(Cc2c(-c3cccc(C#Cc4ccc(C(F)(F)F)s4)c3)nn(-c3nc(C(=O)O)cs3)c2CC2CC2)cc1F. The molecule has 7 nitrogen and oxygen atoms in total. The molecule has 0 amide bonds. The quantitative estimate of drug-likeness (QED) is 0.0818. The van der Waals surface area contributed by atoms with Crippen LogP contribution in [0.1, 0.15) is 55.5 Å². The van der Waals surface area contributed by atoms with Crippen molar-refractivity contribution in [3.8, 4) is 28.2 Å². The summed E-state index contributed by atoms with van der Waals surface area (Å²) >= 11 is 1.70. The summed E-state index contributed by atoms with van der Waals surface area (Å²) in [6.45, 7) is 0. The largest absolute Gasteiger partial charge is 0.476 e. The van der Waals surface area contributed by atoms with Gasteiger partial charge in [0.25, 0.3) is 0 Å². The lowest BCUT2D eigenvalue weighted by molar-refractivity contribution is -0.134. The van der Waals surface area contributed by atoms with Crippen LogP contribution in [0.25, 0.3) is 16.4 Å². The first kappa shape index (κ1) is 30.8. The summed E-state index contributed by atoms with van der Waals surface area (Å²) in [4.78, 5) is 15.3. The zero-order valence-corrected chi connectivity index (χ0v) is 25.7. The fourth-order valence-electron chi connectivity index (χ4n) is 4.80. The van der Waals surface area contributed by atoms with Crippen molar-refractivity contribution in [2.45, 2.75) is 36.8 Å². The van der Waals surface area contributed by atoms with Crippen LogP contribution in [0.15, 0.2) is 64.9 Å². The first-order valence-corrected chi connectivity index (χ1v) is 16.6. The van der Waals surface area contributed by atoms with Crippen LogP contribution >= 0.6 is 22.7 Å². The van der Waals surface area contributed by atoms with Crippen molar-refractivity contribution in [2.75, 3.05) is 0 Å². The van der Waals surface area contributed by atoms with E-state index < -0.39 is 33.8 Å². The third-order valence-corrected chi connectivity index (χ3v) is 9.84. The standard InChI is InChI=1S/C31H22F4N4O3S3/c32-23-14-19(7-10-26(23)45(36)42)13-22-25(15-18-4-5-18)39(30-37-24(16-43-30)29(40)41)38-28(22)20-3-1-2-17(12-20)6-8-21-9-11-27(44-21)31(33,34)35/h1-3,7,9-12,14,16,18H,4-5,13,15H2,(H2,36,42)(H,40,41)/p+1. The number of alkyl halides is 3. The number of nitrogens with two attached hydrogens (primary N) is 1. The molecule has 3 aromatic heterocycles. The molecule has 14 heteroatoms. The molecule has 3 N–H and O–H groups in total. The lowest BCUT2D eigenvalue weighted by Gasteiger charge is -2.09. The van der Waals surface area contributed by atoms with Crippen LogP contribution in [0, 0.1) is 23.6 Å². The van der Waals surface area contributed by atoms with Gasteiger partial charge in [-0.3, -0.25) is 0 Å². The number of halogens is 4. The zero-order chi connectivity index (χ0) is 31.9. The average Bonchev–Trinajstić information content (AvgIpc) is 3.33. The van der Waals surface area contributed by atoms with Crippen molar-refractivity contribution in [1.29, 1.82) is 0 Å². The van der Waals surface area contributed by atoms with Gasteiger partial charge < -0.3 is 5.11 Å². The summed E-state index contributed by atoms with van der Waals surface area (Å²) < 4.78 is 67.3. The number of nitrogens with zero attached hydrogens (tertiary/aromatic N) is 3. The van der Waals surface area contributed by atoms with Gasteiger partial charge in [-0.25, -0.2) is 18.9 Å². The first-order chi connectivity index (χ1) is 21.5. The number of aromatic carboxylic acids is 1. The number of thiol groups is 1. The zero-order valence-electron chi connectivity index (χ0n) is 23.1. The highest BCUT2D eigenvalue weighted by Gasteiger charge is 2.32. The van der Waals surface area contributed by atoms with Crippen molar-refractivity contribution in [2.24, 2.45) is 11.1 Å². The number of carboxylic acid groups (broad SMARTS) is 1. The minimum atomic E-state index is -4.44. The molecule has 6 rings (SSSR count). The highest BCUT2D eigenvalue weighted by Crippen LogP contribution is 2.38. The number of rotatable bonds is 8. The van der Waals surface area contributed by atoms with Gasteiger partial charge in [-0.2, -0.15) is 18.3 Å². The highest BCUT2D eigenvalue weighted by molar-refractivity contribution is 7.82. The lowest BCUT2D eigenvalue weighted by atomic mass is 9.96. The molecule has 1 aliphatic rings. The van der Waals surface area contributed by atoms with Gasteiger partial charge in [0, 0.05) is 28.5 Å². The highest BCUT2D eigenvalue weighted by atomic mass is 32.2. The summed E-state index contributed by atoms with van der Waals surface area (Å²) in [5.41, 5.74) is 3.81. The van der Waals surface area contributed by atoms with Gasteiger partial charge in [0.2, 0.25) is 10.0 Å². The molecule has 0 radical (unpaired) electrons. The van der Waals surface area contributed by atoms with Crippen LogP contribution in [0.4, 0.5) is 17.6 Å². The van der Waals surface area contributed by atoms with Crippen molar-refractivity contribution in [3.05, 3.63) is 104 Å². The average molecular weight is 672 g/mol. The maximum atomic E-state index is 14.8. The molecule has 1 atom stereocenters. The molecule has 0 aliphatic heterocycles. The van der Waals surface area contributed by atoms with Gasteiger partial charge in [-0.05, 0) is 67.1 Å². The third-order valence-electron chi connectivity index (χ3n) is 7.14. The second kappa shape index (κ2) is 12.3. The summed E-state index contributed by atoms with van der Waals surface area (Å²) in [5, 5.41) is 21.6. The molecule has 0 spiro atoms. The predicted molar refractivity (Wildman–Crippen MR) is 164 cm³/mol. The number of carbonyl (C=O) groups is 1. The fourth-order valence-corrected chi connectivity index (χ4v) is 6.80. The van der Waals surface area contributed by atoms with E-state index in [4.69, 9.17) is 10.2 Å². The number of carboxylic acids is 1. The Hall–Kier alpha value is -4.16. The fraction of sp³-hybridized carbons (Fsp3) is 0.194. The molecular weight excluding hydrogens is 649 g/mol. The number of hydrogen-bond acceptors (Lipinski definition) is 6. The Balaban J connectivity index is 1.46. The maximum absolute atomic E-state index is 14.8. The Labute approximate surface area is 265 Å². The monoisotopic (exact) mass is 671 g/mol. The molecular formula is C31H23F4N4O3S3+. The Morgan fingerprint density at radius 2 is 1.93 bits per heavy atom. The third kappa shape index (κ3) is 6.91. The van der Waals surface area contributed by atoms with Crippen LogP contribution in [0.5, 0.6) is 0 Å². The molecule has 45 heavy (non-hydrogen) atoms. The van der Waals surface area contributed by atoms with E-state index in [1.54, 1.807) is 28.9 Å². The second-order valence-electron chi connectivity index (χ2n) is 10.4. The van der Waals surface area contributed by atoms with Gasteiger partial charge in [-0.15, -0.1) is 27.8 Å². The smallest absolute Gasteiger partial charge is 0.425 e. The maximum Gasteiger partial charge on any atom is 0.425 e. The van der Waals surface area contributed by atoms with Crippen molar-refractivity contribution >= 4 is 39.6 Å². The van der Waals surface area contributed by atoms with Crippen molar-refractivity contribution in [1.82, 2.24) is 14.8 Å². The minimum absolute atomic E-state index is 0.0776. The van der Waals surface area contributed by atoms with E-state index >= 15 is 0 Å². The van der Waals surface area contributed by atoms with E-state index in [1.807, 2.05) is 6.07 Å². The van der Waals surface area contributed by atoms with E-state index in [0.717, 1.165) is 41.5 Å². The second-order valence-corrected chi connectivity index (χ2v) is 13.5. The van der Waals surface area contributed by atoms with Gasteiger partial charge in [-0.1, -0.05) is 34.2 Å². The van der Waals surface area contributed by atoms with Gasteiger partial charge in [0.1, 0.15) is 4.88 Å². The van der Waals surface area contributed by atoms with Crippen LogP contribution in [-0.4, -0.2) is 25.8 Å². The van der Waals surface area contributed by atoms with Crippen LogP contribution in [-0.2, 0) is 34.2 Å². The summed E-state index contributed by atoms with van der Waals surface area (Å²) in [7, 11) is -2.36. The Bertz CT molecular complexity index is 2020. The molecule has 1 aliphatic carbocycles. The molecule has 2 aromatic carbocycles. The molecule has 1 saturated carbocycles. The van der Waals surface area contributed by atoms with Crippen LogP contribution < -0.4 is 5.14 Å².